The Morgan fingerprint density at radius 3 is 2.79 bits per heavy atom. The van der Waals surface area contributed by atoms with Crippen LogP contribution < -0.4 is 5.73 Å². The zero-order valence-corrected chi connectivity index (χ0v) is 12.4. The van der Waals surface area contributed by atoms with E-state index in [-0.39, 0.29) is 5.91 Å². The molecule has 1 heterocycles. The molecule has 0 radical (unpaired) electrons. The molecule has 5 heteroatoms. The van der Waals surface area contributed by atoms with Crippen LogP contribution in [-0.4, -0.2) is 27.8 Å². The lowest BCUT2D eigenvalue weighted by Crippen LogP contribution is -2.42. The molecule has 2 N–H and O–H groups in total. The van der Waals surface area contributed by atoms with Crippen LogP contribution in [-0.2, 0) is 0 Å². The van der Waals surface area contributed by atoms with Crippen molar-refractivity contribution in [2.75, 3.05) is 12.3 Å². The molecule has 4 nitrogen and oxygen atoms in total. The van der Waals surface area contributed by atoms with Crippen molar-refractivity contribution in [1.29, 1.82) is 0 Å². The number of carbonyl (C=O) groups excluding carboxylic acids is 1. The standard InChI is InChI=1S/C14H23N3OS/c1-2-3-9-17(11-7-5-4-6-8-11)14(18)12-10-13(15)19-16-12/h10-11H,2-9,15H2,1H3. The van der Waals surface area contributed by atoms with E-state index in [9.17, 15) is 4.79 Å². The zero-order valence-electron chi connectivity index (χ0n) is 11.6. The van der Waals surface area contributed by atoms with Crippen molar-refractivity contribution in [2.24, 2.45) is 0 Å². The minimum atomic E-state index is 0.0632. The Kier molecular flexibility index (Phi) is 5.19. The van der Waals surface area contributed by atoms with Crippen LogP contribution in [0.3, 0.4) is 0 Å². The maximum atomic E-state index is 12.6. The maximum Gasteiger partial charge on any atom is 0.273 e. The Morgan fingerprint density at radius 1 is 1.47 bits per heavy atom. The minimum Gasteiger partial charge on any atom is -0.389 e. The van der Waals surface area contributed by atoms with E-state index in [1.807, 2.05) is 4.90 Å². The first kappa shape index (κ1) is 14.3. The first-order valence-corrected chi connectivity index (χ1v) is 8.03. The molecule has 1 aliphatic carbocycles. The van der Waals surface area contributed by atoms with Crippen LogP contribution in [0.15, 0.2) is 6.07 Å². The number of hydrogen-bond acceptors (Lipinski definition) is 4. The number of nitrogens with zero attached hydrogens (tertiary/aromatic N) is 2. The number of amides is 1. The zero-order chi connectivity index (χ0) is 13.7. The number of hydrogen-bond donors (Lipinski definition) is 1. The van der Waals surface area contributed by atoms with E-state index < -0.39 is 0 Å². The van der Waals surface area contributed by atoms with Gasteiger partial charge in [-0.2, -0.15) is 4.37 Å². The third kappa shape index (κ3) is 3.69. The van der Waals surface area contributed by atoms with Crippen molar-refractivity contribution >= 4 is 22.4 Å². The van der Waals surface area contributed by atoms with Gasteiger partial charge in [-0.05, 0) is 30.8 Å². The summed E-state index contributed by atoms with van der Waals surface area (Å²) in [5, 5.41) is 0.613. The van der Waals surface area contributed by atoms with Crippen molar-refractivity contribution in [3.63, 3.8) is 0 Å². The summed E-state index contributed by atoms with van der Waals surface area (Å²) in [7, 11) is 0. The SMILES string of the molecule is CCCCN(C(=O)c1cc(N)sn1)C1CCCCC1. The normalized spacial score (nSPS) is 16.5. The minimum absolute atomic E-state index is 0.0632. The molecule has 0 atom stereocenters. The molecule has 1 fully saturated rings. The molecule has 0 bridgehead atoms. The van der Waals surface area contributed by atoms with Crippen molar-refractivity contribution in [3.8, 4) is 0 Å². The molecule has 0 spiro atoms. The van der Waals surface area contributed by atoms with Crippen LogP contribution in [0.2, 0.25) is 0 Å². The summed E-state index contributed by atoms with van der Waals surface area (Å²) < 4.78 is 4.16. The van der Waals surface area contributed by atoms with E-state index in [1.54, 1.807) is 6.07 Å². The molecule has 0 unspecified atom stereocenters. The molecule has 0 aliphatic heterocycles. The van der Waals surface area contributed by atoms with Gasteiger partial charge < -0.3 is 10.6 Å². The number of anilines is 1. The van der Waals surface area contributed by atoms with E-state index in [4.69, 9.17) is 5.73 Å². The fourth-order valence-corrected chi connectivity index (χ4v) is 3.21. The number of rotatable bonds is 5. The second-order valence-electron chi connectivity index (χ2n) is 5.26. The number of nitrogens with two attached hydrogens (primary N) is 1. The molecule has 1 aromatic heterocycles. The van der Waals surface area contributed by atoms with Gasteiger partial charge in [-0.3, -0.25) is 4.79 Å². The van der Waals surface area contributed by atoms with Crippen molar-refractivity contribution in [2.45, 2.75) is 57.9 Å². The number of nitrogen functional groups attached to an aromatic ring is 1. The Balaban J connectivity index is 2.09. The lowest BCUT2D eigenvalue weighted by molar-refractivity contribution is 0.0626. The largest absolute Gasteiger partial charge is 0.389 e. The Labute approximate surface area is 119 Å². The Morgan fingerprint density at radius 2 is 2.21 bits per heavy atom. The molecule has 2 rings (SSSR count). The fraction of sp³-hybridized carbons (Fsp3) is 0.714. The van der Waals surface area contributed by atoms with Crippen molar-refractivity contribution < 1.29 is 4.79 Å². The average Bonchev–Trinajstić information content (AvgIpc) is 2.87. The predicted octanol–water partition coefficient (Wildman–Crippen LogP) is 3.30. The molecule has 1 amide bonds. The highest BCUT2D eigenvalue weighted by atomic mass is 32.1. The van der Waals surface area contributed by atoms with Crippen LogP contribution in [0, 0.1) is 0 Å². The van der Waals surface area contributed by atoms with Gasteiger partial charge in [0.15, 0.2) is 0 Å². The second kappa shape index (κ2) is 6.89. The summed E-state index contributed by atoms with van der Waals surface area (Å²) in [5.74, 6) is 0.0632. The van der Waals surface area contributed by atoms with Gasteiger partial charge in [0.05, 0.1) is 0 Å². The van der Waals surface area contributed by atoms with Gasteiger partial charge in [0.2, 0.25) is 0 Å². The molecule has 1 saturated carbocycles. The molecule has 0 saturated heterocycles. The van der Waals surface area contributed by atoms with Crippen LogP contribution in [0.1, 0.15) is 62.4 Å². The van der Waals surface area contributed by atoms with Crippen LogP contribution >= 0.6 is 11.5 Å². The van der Waals surface area contributed by atoms with Gasteiger partial charge in [-0.25, -0.2) is 0 Å². The van der Waals surface area contributed by atoms with E-state index >= 15 is 0 Å². The molecule has 19 heavy (non-hydrogen) atoms. The van der Waals surface area contributed by atoms with Gasteiger partial charge in [0, 0.05) is 18.7 Å². The van der Waals surface area contributed by atoms with Crippen LogP contribution in [0.25, 0.3) is 0 Å². The van der Waals surface area contributed by atoms with Crippen molar-refractivity contribution in [1.82, 2.24) is 9.27 Å². The molecular weight excluding hydrogens is 258 g/mol. The highest BCUT2D eigenvalue weighted by Crippen LogP contribution is 2.25. The summed E-state index contributed by atoms with van der Waals surface area (Å²) in [5.41, 5.74) is 6.20. The maximum absolute atomic E-state index is 12.6. The lowest BCUT2D eigenvalue weighted by Gasteiger charge is -2.34. The van der Waals surface area contributed by atoms with E-state index in [0.29, 0.717) is 16.7 Å². The van der Waals surface area contributed by atoms with E-state index in [1.165, 1.54) is 30.8 Å². The highest BCUT2D eigenvalue weighted by Gasteiger charge is 2.27. The van der Waals surface area contributed by atoms with Gasteiger partial charge in [-0.1, -0.05) is 32.6 Å². The topological polar surface area (TPSA) is 59.2 Å². The lowest BCUT2D eigenvalue weighted by atomic mass is 9.93. The summed E-state index contributed by atoms with van der Waals surface area (Å²) in [6, 6.07) is 2.10. The van der Waals surface area contributed by atoms with E-state index in [0.717, 1.165) is 32.2 Å². The van der Waals surface area contributed by atoms with Gasteiger partial charge >= 0.3 is 0 Å². The third-order valence-electron chi connectivity index (χ3n) is 3.78. The third-order valence-corrected chi connectivity index (χ3v) is 4.39. The van der Waals surface area contributed by atoms with Gasteiger partial charge in [-0.15, -0.1) is 0 Å². The number of aromatic nitrogens is 1. The molecule has 1 aliphatic rings. The smallest absolute Gasteiger partial charge is 0.273 e. The van der Waals surface area contributed by atoms with E-state index in [2.05, 4.69) is 11.3 Å². The first-order valence-electron chi connectivity index (χ1n) is 7.25. The average molecular weight is 281 g/mol. The number of unbranched alkanes of at least 4 members (excludes halogenated alkanes) is 1. The predicted molar refractivity (Wildman–Crippen MR) is 79.3 cm³/mol. The number of carbonyl (C=O) groups is 1. The van der Waals surface area contributed by atoms with Crippen LogP contribution in [0.4, 0.5) is 5.00 Å². The molecular formula is C14H23N3OS. The molecule has 0 aromatic carbocycles. The van der Waals surface area contributed by atoms with Gasteiger partial charge in [0.1, 0.15) is 10.7 Å². The highest BCUT2D eigenvalue weighted by molar-refractivity contribution is 7.10. The fourth-order valence-electron chi connectivity index (χ4n) is 2.71. The van der Waals surface area contributed by atoms with Crippen LogP contribution in [0.5, 0.6) is 0 Å². The quantitative estimate of drug-likeness (QED) is 0.901. The van der Waals surface area contributed by atoms with Gasteiger partial charge in [0.25, 0.3) is 5.91 Å². The Hall–Kier alpha value is -1.10. The Bertz CT molecular complexity index is 413. The first-order chi connectivity index (χ1) is 9.22. The summed E-state index contributed by atoms with van der Waals surface area (Å²) in [6.07, 6.45) is 8.21. The summed E-state index contributed by atoms with van der Waals surface area (Å²) >= 11 is 1.20. The summed E-state index contributed by atoms with van der Waals surface area (Å²) in [4.78, 5) is 14.6. The second-order valence-corrected chi connectivity index (χ2v) is 6.10. The monoisotopic (exact) mass is 281 g/mol. The van der Waals surface area contributed by atoms with Crippen molar-refractivity contribution in [3.05, 3.63) is 11.8 Å². The molecule has 106 valence electrons. The molecule has 1 aromatic rings. The summed E-state index contributed by atoms with van der Waals surface area (Å²) in [6.45, 7) is 3.00.